The van der Waals surface area contributed by atoms with Gasteiger partial charge in [-0.05, 0) is 42.8 Å². The number of hydrogen-bond donors (Lipinski definition) is 1. The van der Waals surface area contributed by atoms with Gasteiger partial charge in [-0.2, -0.15) is 4.98 Å². The van der Waals surface area contributed by atoms with Crippen molar-refractivity contribution in [2.45, 2.75) is 38.3 Å². The van der Waals surface area contributed by atoms with Gasteiger partial charge in [-0.3, -0.25) is 0 Å². The maximum atomic E-state index is 13.7. The second kappa shape index (κ2) is 6.20. The molecule has 118 valence electrons. The lowest BCUT2D eigenvalue weighted by molar-refractivity contribution is 0.263. The van der Waals surface area contributed by atoms with Gasteiger partial charge >= 0.3 is 0 Å². The van der Waals surface area contributed by atoms with Gasteiger partial charge < -0.3 is 9.88 Å². The van der Waals surface area contributed by atoms with E-state index in [9.17, 15) is 8.78 Å². The fourth-order valence-electron chi connectivity index (χ4n) is 3.18. The summed E-state index contributed by atoms with van der Waals surface area (Å²) in [6.45, 7) is 2.14. The van der Waals surface area contributed by atoms with Crippen molar-refractivity contribution >= 4 is 17.4 Å². The molecule has 22 heavy (non-hydrogen) atoms. The van der Waals surface area contributed by atoms with E-state index in [-0.39, 0.29) is 29.0 Å². The van der Waals surface area contributed by atoms with E-state index in [1.54, 1.807) is 6.20 Å². The summed E-state index contributed by atoms with van der Waals surface area (Å²) in [5.74, 6) is -0.193. The highest BCUT2D eigenvalue weighted by molar-refractivity contribution is 6.28. The summed E-state index contributed by atoms with van der Waals surface area (Å²) in [6, 6.07) is 1.69. The van der Waals surface area contributed by atoms with Crippen LogP contribution in [0.1, 0.15) is 32.2 Å². The number of hydrogen-bond acceptors (Lipinski definition) is 3. The first-order valence-corrected chi connectivity index (χ1v) is 7.66. The monoisotopic (exact) mass is 326 g/mol. The Hall–Kier alpha value is -1.69. The highest BCUT2D eigenvalue weighted by Gasteiger charge is 2.28. The molecule has 2 unspecified atom stereocenters. The van der Waals surface area contributed by atoms with Gasteiger partial charge in [-0.25, -0.2) is 13.8 Å². The zero-order chi connectivity index (χ0) is 15.7. The molecule has 4 nitrogen and oxygen atoms in total. The van der Waals surface area contributed by atoms with Gasteiger partial charge in [0.2, 0.25) is 5.28 Å². The fraction of sp³-hybridized carbons (Fsp3) is 0.467. The van der Waals surface area contributed by atoms with Crippen LogP contribution in [0.3, 0.4) is 0 Å². The van der Waals surface area contributed by atoms with Gasteiger partial charge in [0.25, 0.3) is 0 Å². The number of nitrogens with one attached hydrogen (secondary N) is 1. The van der Waals surface area contributed by atoms with Gasteiger partial charge in [0.1, 0.15) is 5.82 Å². The van der Waals surface area contributed by atoms with E-state index < -0.39 is 5.82 Å². The Morgan fingerprint density at radius 2 is 2.14 bits per heavy atom. The minimum absolute atomic E-state index is 0.0109. The minimum atomic E-state index is -0.522. The van der Waals surface area contributed by atoms with Crippen molar-refractivity contribution in [3.63, 3.8) is 0 Å². The number of anilines is 1. The van der Waals surface area contributed by atoms with Gasteiger partial charge in [0.05, 0.1) is 6.20 Å². The average molecular weight is 327 g/mol. The largest absolute Gasteiger partial charge is 0.365 e. The number of rotatable bonds is 3. The number of halogens is 3. The smallest absolute Gasteiger partial charge is 0.224 e. The Kier molecular flexibility index (Phi) is 4.29. The van der Waals surface area contributed by atoms with E-state index in [0.717, 1.165) is 25.5 Å². The zero-order valence-corrected chi connectivity index (χ0v) is 12.9. The molecule has 1 aliphatic rings. The van der Waals surface area contributed by atoms with Crippen LogP contribution in [-0.4, -0.2) is 20.6 Å². The van der Waals surface area contributed by atoms with Crippen LogP contribution in [0.15, 0.2) is 24.7 Å². The first-order chi connectivity index (χ1) is 10.5. The van der Waals surface area contributed by atoms with E-state index in [2.05, 4.69) is 22.2 Å². The van der Waals surface area contributed by atoms with E-state index in [4.69, 9.17) is 11.6 Å². The predicted molar refractivity (Wildman–Crippen MR) is 80.9 cm³/mol. The highest BCUT2D eigenvalue weighted by atomic mass is 35.5. The summed E-state index contributed by atoms with van der Waals surface area (Å²) in [5.41, 5.74) is 0. The molecule has 3 atom stereocenters. The molecule has 1 N–H and O–H groups in total. The third-order valence-corrected chi connectivity index (χ3v) is 4.26. The Bertz CT molecular complexity index is 661. The molecule has 2 aromatic rings. The van der Waals surface area contributed by atoms with Crippen LogP contribution >= 0.6 is 11.6 Å². The van der Waals surface area contributed by atoms with Crippen LogP contribution in [-0.2, 0) is 0 Å². The van der Waals surface area contributed by atoms with E-state index in [1.807, 2.05) is 4.57 Å². The van der Waals surface area contributed by atoms with Crippen molar-refractivity contribution < 1.29 is 8.78 Å². The molecule has 0 bridgehead atoms. The van der Waals surface area contributed by atoms with E-state index in [0.29, 0.717) is 5.92 Å². The molecule has 1 fully saturated rings. The molecule has 3 rings (SSSR count). The molecule has 0 radical (unpaired) electrons. The van der Waals surface area contributed by atoms with Crippen LogP contribution < -0.4 is 5.32 Å². The molecule has 0 aliphatic heterocycles. The second-order valence-corrected chi connectivity index (χ2v) is 6.26. The molecule has 1 aliphatic carbocycles. The van der Waals surface area contributed by atoms with Gasteiger partial charge in [0, 0.05) is 24.5 Å². The summed E-state index contributed by atoms with van der Waals surface area (Å²) in [4.78, 5) is 7.50. The van der Waals surface area contributed by atoms with Crippen molar-refractivity contribution in [2.24, 2.45) is 5.92 Å². The molecule has 0 saturated heterocycles. The van der Waals surface area contributed by atoms with Crippen LogP contribution in [0.4, 0.5) is 14.6 Å². The maximum Gasteiger partial charge on any atom is 0.224 e. The minimum Gasteiger partial charge on any atom is -0.365 e. The first-order valence-electron chi connectivity index (χ1n) is 7.29. The quantitative estimate of drug-likeness (QED) is 0.865. The van der Waals surface area contributed by atoms with Crippen LogP contribution in [0, 0.1) is 17.6 Å². The average Bonchev–Trinajstić information content (AvgIpc) is 2.89. The molecule has 2 heterocycles. The molecule has 7 heteroatoms. The highest BCUT2D eigenvalue weighted by Crippen LogP contribution is 2.34. The Morgan fingerprint density at radius 3 is 2.86 bits per heavy atom. The summed E-state index contributed by atoms with van der Waals surface area (Å²) in [6.07, 6.45) is 6.96. The fourth-order valence-corrected chi connectivity index (χ4v) is 3.31. The molecule has 1 saturated carbocycles. The molecular formula is C15H17ClF2N4. The Morgan fingerprint density at radius 1 is 1.32 bits per heavy atom. The van der Waals surface area contributed by atoms with Crippen LogP contribution in [0.2, 0.25) is 5.28 Å². The first kappa shape index (κ1) is 15.2. The summed E-state index contributed by atoms with van der Waals surface area (Å²) in [5, 5.41) is 3.12. The van der Waals surface area contributed by atoms with Crippen molar-refractivity contribution in [3.05, 3.63) is 41.6 Å². The lowest BCUT2D eigenvalue weighted by Gasteiger charge is -2.34. The number of nitrogens with zero attached hydrogens (tertiary/aromatic N) is 3. The predicted octanol–water partition coefficient (Wildman–Crippen LogP) is 4.05. The van der Waals surface area contributed by atoms with Crippen molar-refractivity contribution in [2.75, 3.05) is 5.32 Å². The van der Waals surface area contributed by atoms with Crippen molar-refractivity contribution in [1.29, 1.82) is 0 Å². The SMILES string of the molecule is CC1CC(n2ccc(F)c2)C[C@@H](Nc2nc(Cl)ncc2F)C1. The standard InChI is InChI=1S/C15H17ClF2N4/c1-9-4-11(20-14-13(18)7-19-15(16)21-14)6-12(5-9)22-3-2-10(17)8-22/h2-3,7-9,11-12H,4-6H2,1H3,(H,19,20,21)/t9?,11-,12?/m0/s1. The zero-order valence-electron chi connectivity index (χ0n) is 12.1. The third kappa shape index (κ3) is 3.38. The van der Waals surface area contributed by atoms with Gasteiger partial charge in [-0.15, -0.1) is 0 Å². The van der Waals surface area contributed by atoms with Crippen LogP contribution in [0.25, 0.3) is 0 Å². The molecule has 0 spiro atoms. The van der Waals surface area contributed by atoms with E-state index in [1.165, 1.54) is 12.3 Å². The normalized spacial score (nSPS) is 25.2. The Labute approximate surface area is 132 Å². The van der Waals surface area contributed by atoms with E-state index >= 15 is 0 Å². The second-order valence-electron chi connectivity index (χ2n) is 5.92. The van der Waals surface area contributed by atoms with Gasteiger partial charge in [-0.1, -0.05) is 6.92 Å². The Balaban J connectivity index is 1.75. The summed E-state index contributed by atoms with van der Waals surface area (Å²) < 4.78 is 28.8. The molecule has 0 amide bonds. The molecule has 2 aromatic heterocycles. The summed E-state index contributed by atoms with van der Waals surface area (Å²) >= 11 is 5.72. The van der Waals surface area contributed by atoms with Crippen molar-refractivity contribution in [1.82, 2.24) is 14.5 Å². The third-order valence-electron chi connectivity index (χ3n) is 4.07. The van der Waals surface area contributed by atoms with Crippen LogP contribution in [0.5, 0.6) is 0 Å². The lowest BCUT2D eigenvalue weighted by atomic mass is 9.83. The topological polar surface area (TPSA) is 42.7 Å². The maximum absolute atomic E-state index is 13.7. The number of aromatic nitrogens is 3. The molecular weight excluding hydrogens is 310 g/mol. The summed E-state index contributed by atoms with van der Waals surface area (Å²) in [7, 11) is 0. The van der Waals surface area contributed by atoms with Crippen molar-refractivity contribution in [3.8, 4) is 0 Å². The lowest BCUT2D eigenvalue weighted by Crippen LogP contribution is -2.32. The van der Waals surface area contributed by atoms with Gasteiger partial charge in [0.15, 0.2) is 11.6 Å². The molecule has 0 aromatic carbocycles.